The monoisotopic (exact) mass is 302 g/mol. The highest BCUT2D eigenvalue weighted by Crippen LogP contribution is 2.37. The van der Waals surface area contributed by atoms with E-state index in [0.717, 1.165) is 32.1 Å². The average molecular weight is 302 g/mol. The maximum Gasteiger partial charge on any atom is -0.00133 e. The van der Waals surface area contributed by atoms with Crippen molar-refractivity contribution >= 4 is 0 Å². The van der Waals surface area contributed by atoms with Crippen LogP contribution in [0.25, 0.3) is 11.1 Å². The van der Waals surface area contributed by atoms with Gasteiger partial charge in [0.15, 0.2) is 0 Å². The summed E-state index contributed by atoms with van der Waals surface area (Å²) in [5.74, 6) is 0. The highest BCUT2D eigenvalue weighted by atomic mass is 14.2. The van der Waals surface area contributed by atoms with Crippen LogP contribution in [0.3, 0.4) is 0 Å². The van der Waals surface area contributed by atoms with Crippen LogP contribution in [0.5, 0.6) is 0 Å². The van der Waals surface area contributed by atoms with Crippen LogP contribution in [0.1, 0.15) is 48.4 Å². The zero-order chi connectivity index (χ0) is 16.1. The van der Waals surface area contributed by atoms with Crippen molar-refractivity contribution in [2.75, 3.05) is 0 Å². The third kappa shape index (κ3) is 3.64. The third-order valence-corrected chi connectivity index (χ3v) is 4.72. The normalized spacial score (nSPS) is 12.4. The van der Waals surface area contributed by atoms with Crippen LogP contribution in [0, 0.1) is 0 Å². The Morgan fingerprint density at radius 3 is 2.17 bits per heavy atom. The van der Waals surface area contributed by atoms with E-state index in [2.05, 4.69) is 62.1 Å². The Balaban J connectivity index is 1.76. The van der Waals surface area contributed by atoms with E-state index in [1.54, 1.807) is 0 Å². The first-order chi connectivity index (χ1) is 11.3. The molecule has 118 valence electrons. The van der Waals surface area contributed by atoms with Gasteiger partial charge in [-0.05, 0) is 78.8 Å². The van der Waals surface area contributed by atoms with Crippen LogP contribution in [0.15, 0.2) is 61.2 Å². The second kappa shape index (κ2) is 7.46. The van der Waals surface area contributed by atoms with Crippen LogP contribution in [-0.2, 0) is 19.3 Å². The first kappa shape index (κ1) is 15.8. The molecule has 0 amide bonds. The highest BCUT2D eigenvalue weighted by Gasteiger charge is 2.18. The SMILES string of the molecule is C=CCCCc1ccc2c(c1)Cc1cc(CC/C=C/C)ccc1-2. The molecule has 0 atom stereocenters. The summed E-state index contributed by atoms with van der Waals surface area (Å²) >= 11 is 0. The Morgan fingerprint density at radius 1 is 0.913 bits per heavy atom. The van der Waals surface area contributed by atoms with E-state index >= 15 is 0 Å². The van der Waals surface area contributed by atoms with Gasteiger partial charge in [-0.2, -0.15) is 0 Å². The van der Waals surface area contributed by atoms with Gasteiger partial charge < -0.3 is 0 Å². The van der Waals surface area contributed by atoms with Crippen LogP contribution >= 0.6 is 0 Å². The number of fused-ring (bicyclic) bond motifs is 3. The fourth-order valence-electron chi connectivity index (χ4n) is 3.50. The van der Waals surface area contributed by atoms with E-state index in [0.29, 0.717) is 0 Å². The zero-order valence-electron chi connectivity index (χ0n) is 14.1. The van der Waals surface area contributed by atoms with Crippen LogP contribution < -0.4 is 0 Å². The molecule has 0 heteroatoms. The quantitative estimate of drug-likeness (QED) is 0.356. The first-order valence-electron chi connectivity index (χ1n) is 8.78. The first-order valence-corrected chi connectivity index (χ1v) is 8.78. The van der Waals surface area contributed by atoms with Crippen molar-refractivity contribution in [1.82, 2.24) is 0 Å². The number of hydrogen-bond acceptors (Lipinski definition) is 0. The number of hydrogen-bond donors (Lipinski definition) is 0. The maximum atomic E-state index is 3.81. The Bertz CT molecular complexity index is 719. The molecule has 0 spiro atoms. The lowest BCUT2D eigenvalue weighted by molar-refractivity contribution is 0.843. The summed E-state index contributed by atoms with van der Waals surface area (Å²) in [5, 5.41) is 0. The zero-order valence-corrected chi connectivity index (χ0v) is 14.1. The molecule has 0 heterocycles. The van der Waals surface area contributed by atoms with Gasteiger partial charge in [0.1, 0.15) is 0 Å². The topological polar surface area (TPSA) is 0 Å². The molecule has 0 bridgehead atoms. The van der Waals surface area contributed by atoms with Gasteiger partial charge in [-0.25, -0.2) is 0 Å². The number of rotatable bonds is 7. The molecule has 0 aromatic heterocycles. The van der Waals surface area contributed by atoms with Gasteiger partial charge >= 0.3 is 0 Å². The lowest BCUT2D eigenvalue weighted by Crippen LogP contribution is -1.88. The van der Waals surface area contributed by atoms with Gasteiger partial charge in [0.25, 0.3) is 0 Å². The summed E-state index contributed by atoms with van der Waals surface area (Å²) in [7, 11) is 0. The highest BCUT2D eigenvalue weighted by molar-refractivity contribution is 5.77. The molecule has 0 N–H and O–H groups in total. The van der Waals surface area contributed by atoms with Crippen LogP contribution in [-0.4, -0.2) is 0 Å². The van der Waals surface area contributed by atoms with Gasteiger partial charge in [0, 0.05) is 0 Å². The number of unbranched alkanes of at least 4 members (excludes halogenated alkanes) is 1. The minimum Gasteiger partial charge on any atom is -0.103 e. The molecular formula is C23H26. The summed E-state index contributed by atoms with van der Waals surface area (Å²) in [6.07, 6.45) is 13.2. The Kier molecular flexibility index (Phi) is 5.12. The van der Waals surface area contributed by atoms with Crippen LogP contribution in [0.2, 0.25) is 0 Å². The second-order valence-electron chi connectivity index (χ2n) is 6.45. The van der Waals surface area contributed by atoms with Crippen molar-refractivity contribution in [2.45, 2.75) is 45.4 Å². The van der Waals surface area contributed by atoms with Crippen molar-refractivity contribution in [1.29, 1.82) is 0 Å². The summed E-state index contributed by atoms with van der Waals surface area (Å²) in [6, 6.07) is 14.1. The fourth-order valence-corrected chi connectivity index (χ4v) is 3.50. The molecule has 0 nitrogen and oxygen atoms in total. The van der Waals surface area contributed by atoms with E-state index in [1.807, 2.05) is 6.08 Å². The van der Waals surface area contributed by atoms with Crippen molar-refractivity contribution < 1.29 is 0 Å². The Labute approximate surface area is 140 Å². The van der Waals surface area contributed by atoms with Gasteiger partial charge in [-0.1, -0.05) is 54.6 Å². The summed E-state index contributed by atoms with van der Waals surface area (Å²) in [4.78, 5) is 0. The Morgan fingerprint density at radius 2 is 1.57 bits per heavy atom. The molecule has 0 saturated carbocycles. The molecule has 0 radical (unpaired) electrons. The second-order valence-corrected chi connectivity index (χ2v) is 6.45. The summed E-state index contributed by atoms with van der Waals surface area (Å²) in [6.45, 7) is 5.90. The molecule has 0 fully saturated rings. The fraction of sp³-hybridized carbons (Fsp3) is 0.304. The van der Waals surface area contributed by atoms with Gasteiger partial charge in [-0.3, -0.25) is 0 Å². The molecule has 1 aliphatic rings. The van der Waals surface area contributed by atoms with E-state index < -0.39 is 0 Å². The standard InChI is InChI=1S/C23H26/c1-3-5-7-9-18-11-13-22-20(15-18)17-21-16-19(10-8-6-4-2)12-14-23(21)22/h3-4,6,11-16H,1,5,7-10,17H2,2H3/b6-4+. The van der Waals surface area contributed by atoms with Crippen molar-refractivity contribution in [3.05, 3.63) is 83.5 Å². The smallest absolute Gasteiger partial charge is 0.00133 e. The molecule has 3 rings (SSSR count). The van der Waals surface area contributed by atoms with E-state index in [4.69, 9.17) is 0 Å². The van der Waals surface area contributed by atoms with E-state index in [-0.39, 0.29) is 0 Å². The van der Waals surface area contributed by atoms with Crippen molar-refractivity contribution in [3.8, 4) is 11.1 Å². The predicted octanol–water partition coefficient (Wildman–Crippen LogP) is 6.28. The minimum absolute atomic E-state index is 1.09. The lowest BCUT2D eigenvalue weighted by atomic mass is 9.99. The molecule has 2 aromatic carbocycles. The summed E-state index contributed by atoms with van der Waals surface area (Å²) < 4.78 is 0. The molecule has 0 unspecified atom stereocenters. The largest absolute Gasteiger partial charge is 0.103 e. The minimum atomic E-state index is 1.09. The molecule has 2 aromatic rings. The summed E-state index contributed by atoms with van der Waals surface area (Å²) in [5.41, 5.74) is 8.80. The van der Waals surface area contributed by atoms with E-state index in [9.17, 15) is 0 Å². The number of aryl methyl sites for hydroxylation is 2. The number of benzene rings is 2. The van der Waals surface area contributed by atoms with Crippen molar-refractivity contribution in [3.63, 3.8) is 0 Å². The Hall–Kier alpha value is -2.08. The lowest BCUT2D eigenvalue weighted by Gasteiger charge is -2.05. The van der Waals surface area contributed by atoms with Crippen LogP contribution in [0.4, 0.5) is 0 Å². The maximum absolute atomic E-state index is 3.81. The average Bonchev–Trinajstić information content (AvgIpc) is 2.92. The molecular weight excluding hydrogens is 276 g/mol. The van der Waals surface area contributed by atoms with Crippen molar-refractivity contribution in [2.24, 2.45) is 0 Å². The molecule has 23 heavy (non-hydrogen) atoms. The van der Waals surface area contributed by atoms with Gasteiger partial charge in [0.05, 0.1) is 0 Å². The van der Waals surface area contributed by atoms with Gasteiger partial charge in [-0.15, -0.1) is 6.58 Å². The van der Waals surface area contributed by atoms with E-state index in [1.165, 1.54) is 39.8 Å². The molecule has 0 saturated heterocycles. The van der Waals surface area contributed by atoms with Gasteiger partial charge in [0.2, 0.25) is 0 Å². The number of allylic oxidation sites excluding steroid dienone is 3. The molecule has 0 aliphatic heterocycles. The molecule has 1 aliphatic carbocycles. The third-order valence-electron chi connectivity index (χ3n) is 4.72. The predicted molar refractivity (Wildman–Crippen MR) is 101 cm³/mol.